The van der Waals surface area contributed by atoms with Crippen LogP contribution in [-0.4, -0.2) is 50.2 Å². The second kappa shape index (κ2) is 8.92. The first kappa shape index (κ1) is 18.6. The maximum absolute atomic E-state index is 12.5. The van der Waals surface area contributed by atoms with Gasteiger partial charge in [-0.05, 0) is 57.8 Å². The van der Waals surface area contributed by atoms with E-state index in [1.54, 1.807) is 25.3 Å². The van der Waals surface area contributed by atoms with Crippen LogP contribution < -0.4 is 14.8 Å². The zero-order valence-corrected chi connectivity index (χ0v) is 15.3. The largest absolute Gasteiger partial charge is 0.497 e. The van der Waals surface area contributed by atoms with Gasteiger partial charge in [0.1, 0.15) is 11.5 Å². The molecule has 0 aromatic heterocycles. The second-order valence-electron chi connectivity index (χ2n) is 6.85. The molecule has 0 aliphatic carbocycles. The summed E-state index contributed by atoms with van der Waals surface area (Å²) in [5.41, 5.74) is 0.554. The lowest BCUT2D eigenvalue weighted by Gasteiger charge is -2.21. The van der Waals surface area contributed by atoms with Crippen LogP contribution in [0.2, 0.25) is 0 Å². The van der Waals surface area contributed by atoms with E-state index in [9.17, 15) is 4.79 Å². The fraction of sp³-hybridized carbons (Fsp3) is 0.632. The molecule has 0 unspecified atom stereocenters. The maximum Gasteiger partial charge on any atom is 0.255 e. The summed E-state index contributed by atoms with van der Waals surface area (Å²) in [5.74, 6) is 1.58. The Bertz CT molecular complexity index is 539. The van der Waals surface area contributed by atoms with E-state index in [0.717, 1.165) is 6.54 Å². The minimum Gasteiger partial charge on any atom is -0.497 e. The Morgan fingerprint density at radius 3 is 2.58 bits per heavy atom. The van der Waals surface area contributed by atoms with E-state index < -0.39 is 0 Å². The number of ether oxygens (including phenoxy) is 2. The van der Waals surface area contributed by atoms with Crippen LogP contribution in [0.25, 0.3) is 0 Å². The topological polar surface area (TPSA) is 50.8 Å². The van der Waals surface area contributed by atoms with Gasteiger partial charge in [-0.3, -0.25) is 4.79 Å². The standard InChI is InChI=1S/C19H30N2O3/c1-14(2)24-18-11-16(23-4)7-8-17(18)19(22)20-12-15(3)13-21-9-5-6-10-21/h7-8,11,14-15H,5-6,9-10,12-13H2,1-4H3,(H,20,22)/t15-/m0/s1. The molecule has 1 saturated heterocycles. The molecule has 1 aromatic rings. The Hall–Kier alpha value is -1.75. The number of rotatable bonds is 8. The third-order valence-corrected chi connectivity index (χ3v) is 4.18. The third-order valence-electron chi connectivity index (χ3n) is 4.18. The average molecular weight is 334 g/mol. The minimum atomic E-state index is -0.0958. The molecule has 134 valence electrons. The van der Waals surface area contributed by atoms with Crippen LogP contribution in [0.1, 0.15) is 44.0 Å². The highest BCUT2D eigenvalue weighted by Crippen LogP contribution is 2.26. The van der Waals surface area contributed by atoms with E-state index in [4.69, 9.17) is 9.47 Å². The van der Waals surface area contributed by atoms with E-state index in [2.05, 4.69) is 17.1 Å². The highest BCUT2D eigenvalue weighted by atomic mass is 16.5. The van der Waals surface area contributed by atoms with Crippen molar-refractivity contribution >= 4 is 5.91 Å². The summed E-state index contributed by atoms with van der Waals surface area (Å²) in [7, 11) is 1.61. The molecule has 1 fully saturated rings. The Morgan fingerprint density at radius 2 is 1.96 bits per heavy atom. The molecule has 0 bridgehead atoms. The lowest BCUT2D eigenvalue weighted by Crippen LogP contribution is -2.34. The lowest BCUT2D eigenvalue weighted by molar-refractivity contribution is 0.0939. The van der Waals surface area contributed by atoms with Gasteiger partial charge in [-0.1, -0.05) is 6.92 Å². The van der Waals surface area contributed by atoms with Gasteiger partial charge in [-0.2, -0.15) is 0 Å². The minimum absolute atomic E-state index is 0.00209. The molecule has 1 aliphatic rings. The van der Waals surface area contributed by atoms with Crippen molar-refractivity contribution in [1.29, 1.82) is 0 Å². The quantitative estimate of drug-likeness (QED) is 0.794. The van der Waals surface area contributed by atoms with Crippen molar-refractivity contribution in [1.82, 2.24) is 10.2 Å². The van der Waals surface area contributed by atoms with Gasteiger partial charge in [-0.25, -0.2) is 0 Å². The molecule has 2 rings (SSSR count). The molecule has 5 heteroatoms. The predicted octanol–water partition coefficient (Wildman–Crippen LogP) is 2.94. The molecule has 0 spiro atoms. The van der Waals surface area contributed by atoms with Gasteiger partial charge in [0.05, 0.1) is 18.8 Å². The van der Waals surface area contributed by atoms with Gasteiger partial charge < -0.3 is 19.7 Å². The van der Waals surface area contributed by atoms with Gasteiger partial charge in [0, 0.05) is 19.2 Å². The Morgan fingerprint density at radius 1 is 1.25 bits per heavy atom. The Kier molecular flexibility index (Phi) is 6.91. The first-order chi connectivity index (χ1) is 11.5. The zero-order chi connectivity index (χ0) is 17.5. The molecular formula is C19H30N2O3. The molecule has 1 aromatic carbocycles. The van der Waals surface area contributed by atoms with E-state index >= 15 is 0 Å². The van der Waals surface area contributed by atoms with Crippen LogP contribution >= 0.6 is 0 Å². The Labute approximate surface area is 145 Å². The van der Waals surface area contributed by atoms with Gasteiger partial charge >= 0.3 is 0 Å². The zero-order valence-electron chi connectivity index (χ0n) is 15.3. The number of likely N-dealkylation sites (tertiary alicyclic amines) is 1. The molecule has 0 saturated carbocycles. The molecule has 1 aliphatic heterocycles. The number of benzene rings is 1. The first-order valence-corrected chi connectivity index (χ1v) is 8.85. The summed E-state index contributed by atoms with van der Waals surface area (Å²) >= 11 is 0. The Balaban J connectivity index is 1.95. The van der Waals surface area contributed by atoms with Crippen LogP contribution in [0.4, 0.5) is 0 Å². The molecular weight excluding hydrogens is 304 g/mol. The maximum atomic E-state index is 12.5. The van der Waals surface area contributed by atoms with Gasteiger partial charge in [0.25, 0.3) is 5.91 Å². The van der Waals surface area contributed by atoms with Gasteiger partial charge in [-0.15, -0.1) is 0 Å². The second-order valence-corrected chi connectivity index (χ2v) is 6.85. The number of carbonyl (C=O) groups is 1. The predicted molar refractivity (Wildman–Crippen MR) is 95.9 cm³/mol. The number of nitrogens with one attached hydrogen (secondary N) is 1. The smallest absolute Gasteiger partial charge is 0.255 e. The number of methoxy groups -OCH3 is 1. The summed E-state index contributed by atoms with van der Waals surface area (Å²) in [5, 5.41) is 3.04. The molecule has 1 N–H and O–H groups in total. The molecule has 24 heavy (non-hydrogen) atoms. The van der Waals surface area contributed by atoms with Crippen molar-refractivity contribution in [2.45, 2.75) is 39.7 Å². The van der Waals surface area contributed by atoms with Gasteiger partial charge in [0.15, 0.2) is 0 Å². The van der Waals surface area contributed by atoms with Crippen molar-refractivity contribution in [2.24, 2.45) is 5.92 Å². The lowest BCUT2D eigenvalue weighted by atomic mass is 10.1. The van der Waals surface area contributed by atoms with Crippen LogP contribution in [0.15, 0.2) is 18.2 Å². The van der Waals surface area contributed by atoms with Crippen LogP contribution in [0, 0.1) is 5.92 Å². The van der Waals surface area contributed by atoms with E-state index in [1.165, 1.54) is 25.9 Å². The summed E-state index contributed by atoms with van der Waals surface area (Å²) < 4.78 is 11.0. The van der Waals surface area contributed by atoms with Crippen molar-refractivity contribution < 1.29 is 14.3 Å². The van der Waals surface area contributed by atoms with Crippen molar-refractivity contribution in [2.75, 3.05) is 33.3 Å². The normalized spacial score (nSPS) is 16.2. The number of nitrogens with zero attached hydrogens (tertiary/aromatic N) is 1. The number of amides is 1. The third kappa shape index (κ3) is 5.41. The highest BCUT2D eigenvalue weighted by molar-refractivity contribution is 5.97. The monoisotopic (exact) mass is 334 g/mol. The van der Waals surface area contributed by atoms with E-state index in [-0.39, 0.29) is 12.0 Å². The van der Waals surface area contributed by atoms with Crippen LogP contribution in [0.3, 0.4) is 0 Å². The van der Waals surface area contributed by atoms with Crippen molar-refractivity contribution in [3.05, 3.63) is 23.8 Å². The summed E-state index contributed by atoms with van der Waals surface area (Å²) in [6.07, 6.45) is 2.58. The molecule has 1 atom stereocenters. The molecule has 0 radical (unpaired) electrons. The summed E-state index contributed by atoms with van der Waals surface area (Å²) in [6.45, 7) is 10.1. The van der Waals surface area contributed by atoms with Crippen LogP contribution in [-0.2, 0) is 0 Å². The number of hydrogen-bond donors (Lipinski definition) is 1. The summed E-state index contributed by atoms with van der Waals surface area (Å²) in [4.78, 5) is 15.0. The van der Waals surface area contributed by atoms with Crippen molar-refractivity contribution in [3.63, 3.8) is 0 Å². The number of carbonyl (C=O) groups excluding carboxylic acids is 1. The summed E-state index contributed by atoms with van der Waals surface area (Å²) in [6, 6.07) is 5.31. The van der Waals surface area contributed by atoms with E-state index in [1.807, 2.05) is 13.8 Å². The highest BCUT2D eigenvalue weighted by Gasteiger charge is 2.18. The average Bonchev–Trinajstić information content (AvgIpc) is 3.04. The fourth-order valence-corrected chi connectivity index (χ4v) is 3.00. The van der Waals surface area contributed by atoms with E-state index in [0.29, 0.717) is 29.5 Å². The number of hydrogen-bond acceptors (Lipinski definition) is 4. The van der Waals surface area contributed by atoms with Crippen LogP contribution in [0.5, 0.6) is 11.5 Å². The van der Waals surface area contributed by atoms with Crippen molar-refractivity contribution in [3.8, 4) is 11.5 Å². The molecule has 1 heterocycles. The molecule has 5 nitrogen and oxygen atoms in total. The fourth-order valence-electron chi connectivity index (χ4n) is 3.00. The molecule has 1 amide bonds. The SMILES string of the molecule is COc1ccc(C(=O)NC[C@H](C)CN2CCCC2)c(OC(C)C)c1. The van der Waals surface area contributed by atoms with Gasteiger partial charge in [0.2, 0.25) is 0 Å². The first-order valence-electron chi connectivity index (χ1n) is 8.85.